The smallest absolute Gasteiger partial charge is 0.234 e. The number of carbonyl (C=O) groups excluding carboxylic acids is 1. The van der Waals surface area contributed by atoms with Crippen LogP contribution in [0, 0.1) is 19.7 Å². The number of nitrogens with one attached hydrogen (secondary N) is 2. The van der Waals surface area contributed by atoms with Crippen LogP contribution in [0.1, 0.15) is 23.6 Å². The average molecular weight is 282 g/mol. The third-order valence-corrected chi connectivity index (χ3v) is 2.93. The Morgan fingerprint density at radius 3 is 2.50 bits per heavy atom. The molecule has 0 spiro atoms. The molecule has 0 aliphatic rings. The molecular weight excluding hydrogens is 259 g/mol. The van der Waals surface area contributed by atoms with Gasteiger partial charge >= 0.3 is 0 Å². The normalized spacial score (nSPS) is 12.2. The minimum absolute atomic E-state index is 0.00962. The van der Waals surface area contributed by atoms with Gasteiger partial charge in [-0.05, 0) is 37.5 Å². The summed E-state index contributed by atoms with van der Waals surface area (Å²) >= 11 is 0. The van der Waals surface area contributed by atoms with Crippen molar-refractivity contribution in [3.63, 3.8) is 0 Å². The number of amides is 1. The van der Waals surface area contributed by atoms with Crippen molar-refractivity contribution in [2.24, 2.45) is 0 Å². The van der Waals surface area contributed by atoms with Crippen LogP contribution in [0.3, 0.4) is 0 Å². The quantitative estimate of drug-likeness (QED) is 0.800. The van der Waals surface area contributed by atoms with Crippen LogP contribution >= 0.6 is 0 Å². The Labute approximate surface area is 119 Å². The van der Waals surface area contributed by atoms with E-state index in [9.17, 15) is 9.18 Å². The second-order valence-corrected chi connectivity index (χ2v) is 5.07. The topological polar surface area (TPSA) is 50.4 Å². The predicted octanol–water partition coefficient (Wildman–Crippen LogP) is 1.68. The van der Waals surface area contributed by atoms with Crippen molar-refractivity contribution in [3.05, 3.63) is 34.6 Å². The minimum atomic E-state index is -0.167. The van der Waals surface area contributed by atoms with Crippen molar-refractivity contribution >= 4 is 5.91 Å². The lowest BCUT2D eigenvalue weighted by molar-refractivity contribution is -0.121. The van der Waals surface area contributed by atoms with E-state index < -0.39 is 0 Å². The first kappa shape index (κ1) is 16.6. The summed E-state index contributed by atoms with van der Waals surface area (Å²) in [4.78, 5) is 11.6. The molecule has 1 aromatic carbocycles. The number of hydrogen-bond donors (Lipinski definition) is 2. The number of benzene rings is 1. The molecule has 0 aliphatic heterocycles. The van der Waals surface area contributed by atoms with Gasteiger partial charge < -0.3 is 15.4 Å². The molecule has 1 aromatic rings. The van der Waals surface area contributed by atoms with Crippen molar-refractivity contribution in [2.45, 2.75) is 33.4 Å². The summed E-state index contributed by atoms with van der Waals surface area (Å²) in [7, 11) is 1.60. The molecule has 0 saturated heterocycles. The van der Waals surface area contributed by atoms with Gasteiger partial charge in [0.15, 0.2) is 0 Å². The lowest BCUT2D eigenvalue weighted by Crippen LogP contribution is -2.40. The number of methoxy groups -OCH3 is 1. The molecule has 0 aromatic heterocycles. The molecule has 0 fully saturated rings. The fourth-order valence-electron chi connectivity index (χ4n) is 2.08. The molecule has 112 valence electrons. The Morgan fingerprint density at radius 2 is 1.95 bits per heavy atom. The number of halogens is 1. The lowest BCUT2D eigenvalue weighted by atomic mass is 10.1. The first-order valence-corrected chi connectivity index (χ1v) is 6.68. The molecule has 5 heteroatoms. The molecule has 1 unspecified atom stereocenters. The van der Waals surface area contributed by atoms with Crippen LogP contribution in [0.4, 0.5) is 4.39 Å². The highest BCUT2D eigenvalue weighted by atomic mass is 19.1. The number of carbonyl (C=O) groups is 1. The number of ether oxygens (including phenoxy) is 1. The fourth-order valence-corrected chi connectivity index (χ4v) is 2.08. The van der Waals surface area contributed by atoms with Gasteiger partial charge in [0.25, 0.3) is 0 Å². The zero-order chi connectivity index (χ0) is 15.1. The fraction of sp³-hybridized carbons (Fsp3) is 0.533. The summed E-state index contributed by atoms with van der Waals surface area (Å²) < 4.78 is 18.4. The second kappa shape index (κ2) is 7.97. The van der Waals surface area contributed by atoms with Crippen LogP contribution in [-0.2, 0) is 16.1 Å². The predicted molar refractivity (Wildman–Crippen MR) is 77.1 cm³/mol. The molecule has 2 N–H and O–H groups in total. The van der Waals surface area contributed by atoms with E-state index in [1.807, 2.05) is 6.92 Å². The number of aryl methyl sites for hydroxylation is 2. The van der Waals surface area contributed by atoms with Crippen molar-refractivity contribution < 1.29 is 13.9 Å². The molecule has 0 radical (unpaired) electrons. The van der Waals surface area contributed by atoms with Crippen molar-refractivity contribution in [3.8, 4) is 0 Å². The SMILES string of the molecule is COCC(C)NC(=O)CNCc1cc(C)c(F)c(C)c1. The van der Waals surface area contributed by atoms with Crippen LogP contribution in [0.15, 0.2) is 12.1 Å². The van der Waals surface area contributed by atoms with Gasteiger partial charge in [0.2, 0.25) is 5.91 Å². The van der Waals surface area contributed by atoms with Crippen molar-refractivity contribution in [1.82, 2.24) is 10.6 Å². The highest BCUT2D eigenvalue weighted by Crippen LogP contribution is 2.14. The lowest BCUT2D eigenvalue weighted by Gasteiger charge is -2.13. The first-order chi connectivity index (χ1) is 9.43. The van der Waals surface area contributed by atoms with E-state index in [1.165, 1.54) is 0 Å². The molecule has 20 heavy (non-hydrogen) atoms. The van der Waals surface area contributed by atoms with Gasteiger partial charge in [-0.15, -0.1) is 0 Å². The Kier molecular flexibility index (Phi) is 6.61. The third kappa shape index (κ3) is 5.27. The largest absolute Gasteiger partial charge is 0.383 e. The van der Waals surface area contributed by atoms with Crippen molar-refractivity contribution in [1.29, 1.82) is 0 Å². The standard InChI is InChI=1S/C15H23FN2O2/c1-10-5-13(6-11(2)15(10)16)7-17-8-14(19)18-12(3)9-20-4/h5-6,12,17H,7-9H2,1-4H3,(H,18,19). The molecule has 1 amide bonds. The van der Waals surface area contributed by atoms with Gasteiger partial charge in [-0.1, -0.05) is 12.1 Å². The maximum atomic E-state index is 13.5. The summed E-state index contributed by atoms with van der Waals surface area (Å²) in [5.74, 6) is -0.245. The molecule has 4 nitrogen and oxygen atoms in total. The van der Waals surface area contributed by atoms with Crippen LogP contribution in [0.25, 0.3) is 0 Å². The first-order valence-electron chi connectivity index (χ1n) is 6.68. The van der Waals surface area contributed by atoms with Crippen LogP contribution in [0.5, 0.6) is 0 Å². The van der Waals surface area contributed by atoms with E-state index >= 15 is 0 Å². The Bertz CT molecular complexity index is 440. The van der Waals surface area contributed by atoms with Crippen molar-refractivity contribution in [2.75, 3.05) is 20.3 Å². The highest BCUT2D eigenvalue weighted by molar-refractivity contribution is 5.78. The Balaban J connectivity index is 2.39. The van der Waals surface area contributed by atoms with E-state index in [-0.39, 0.29) is 24.3 Å². The minimum Gasteiger partial charge on any atom is -0.383 e. The third-order valence-electron chi connectivity index (χ3n) is 2.93. The monoisotopic (exact) mass is 282 g/mol. The molecule has 0 bridgehead atoms. The average Bonchev–Trinajstić information content (AvgIpc) is 2.36. The number of rotatable bonds is 7. The highest BCUT2D eigenvalue weighted by Gasteiger charge is 2.07. The van der Waals surface area contributed by atoms with Gasteiger partial charge in [0.05, 0.1) is 13.2 Å². The summed E-state index contributed by atoms with van der Waals surface area (Å²) in [5.41, 5.74) is 2.22. The van der Waals surface area contributed by atoms with Gasteiger partial charge in [-0.3, -0.25) is 4.79 Å². The number of hydrogen-bond acceptors (Lipinski definition) is 3. The van der Waals surface area contributed by atoms with E-state index in [0.29, 0.717) is 24.3 Å². The molecular formula is C15H23FN2O2. The molecule has 0 heterocycles. The van der Waals surface area contributed by atoms with Crippen LogP contribution < -0.4 is 10.6 Å². The molecule has 1 rings (SSSR count). The van der Waals surface area contributed by atoms with E-state index in [0.717, 1.165) is 5.56 Å². The Morgan fingerprint density at radius 1 is 1.35 bits per heavy atom. The van der Waals surface area contributed by atoms with Crippen LogP contribution in [-0.4, -0.2) is 32.2 Å². The second-order valence-electron chi connectivity index (χ2n) is 5.07. The maximum Gasteiger partial charge on any atom is 0.234 e. The molecule has 0 saturated carbocycles. The van der Waals surface area contributed by atoms with Crippen LogP contribution in [0.2, 0.25) is 0 Å². The molecule has 0 aliphatic carbocycles. The maximum absolute atomic E-state index is 13.5. The Hall–Kier alpha value is -1.46. The van der Waals surface area contributed by atoms with Gasteiger partial charge in [-0.2, -0.15) is 0 Å². The van der Waals surface area contributed by atoms with E-state index in [2.05, 4.69) is 10.6 Å². The summed E-state index contributed by atoms with van der Waals surface area (Å²) in [6.45, 7) is 6.61. The van der Waals surface area contributed by atoms with E-state index in [4.69, 9.17) is 4.74 Å². The summed E-state index contributed by atoms with van der Waals surface area (Å²) in [6.07, 6.45) is 0. The van der Waals surface area contributed by atoms with E-state index in [1.54, 1.807) is 33.1 Å². The summed E-state index contributed by atoms with van der Waals surface area (Å²) in [5, 5.41) is 5.86. The molecule has 1 atom stereocenters. The van der Waals surface area contributed by atoms with Gasteiger partial charge in [-0.25, -0.2) is 4.39 Å². The summed E-state index contributed by atoms with van der Waals surface area (Å²) in [6, 6.07) is 3.58. The van der Waals surface area contributed by atoms with Gasteiger partial charge in [0, 0.05) is 19.7 Å². The zero-order valence-corrected chi connectivity index (χ0v) is 12.5. The van der Waals surface area contributed by atoms with Gasteiger partial charge in [0.1, 0.15) is 5.82 Å². The zero-order valence-electron chi connectivity index (χ0n) is 12.5.